The second-order valence-corrected chi connectivity index (χ2v) is 32.0. The Bertz CT molecular complexity index is 3680. The number of amides is 2. The maximum atomic E-state index is 13.6. The number of carbonyl (C=O) groups is 2. The van der Waals surface area contributed by atoms with Gasteiger partial charge in [-0.2, -0.15) is 10.2 Å². The number of sulfone groups is 2. The first-order valence-corrected chi connectivity index (χ1v) is 33.0. The SMILES string of the molecule is Cn1nc(-c2cnc3[nH]cc(C(=O)NC4CCC(CS(C)(=O)=O)C4)c3n2)c2ccc(Cl)cc21.Cn1nc(-c2cnc3c(n2)c(C(=O)NC2CCC(CS(C)(=O)=O)C2)cn3COCC[Si](C)(C)C)c2ccc(Cl)cc21. The van der Waals surface area contributed by atoms with E-state index in [0.29, 0.717) is 85.7 Å². The summed E-state index contributed by atoms with van der Waals surface area (Å²) in [5.41, 5.74) is 6.93. The van der Waals surface area contributed by atoms with Crippen molar-refractivity contribution in [3.05, 3.63) is 82.4 Å². The number of fused-ring (bicyclic) bond motifs is 4. The number of hydrogen-bond acceptors (Lipinski definition) is 13. The molecule has 392 valence electrons. The summed E-state index contributed by atoms with van der Waals surface area (Å²) in [5.74, 6) is -0.0875. The number of H-pyrrole nitrogens is 1. The molecule has 2 saturated carbocycles. The van der Waals surface area contributed by atoms with Gasteiger partial charge in [-0.25, -0.2) is 36.8 Å². The number of nitrogens with one attached hydrogen (secondary N) is 3. The van der Waals surface area contributed by atoms with Gasteiger partial charge in [0.1, 0.15) is 60.2 Å². The minimum atomic E-state index is -3.07. The van der Waals surface area contributed by atoms with Gasteiger partial charge in [0.2, 0.25) is 0 Å². The van der Waals surface area contributed by atoms with E-state index < -0.39 is 27.7 Å². The molecule has 2 aromatic carbocycles. The Morgan fingerprint density at radius 3 is 1.78 bits per heavy atom. The number of aromatic amines is 1. The lowest BCUT2D eigenvalue weighted by molar-refractivity contribution is 0.0889. The van der Waals surface area contributed by atoms with Gasteiger partial charge in [0, 0.05) is 86.6 Å². The first kappa shape index (κ1) is 53.1. The van der Waals surface area contributed by atoms with Crippen LogP contribution in [0.2, 0.25) is 35.7 Å². The minimum Gasteiger partial charge on any atom is -0.361 e. The molecule has 6 heterocycles. The molecule has 19 nitrogen and oxygen atoms in total. The lowest BCUT2D eigenvalue weighted by atomic mass is 10.1. The molecule has 2 aliphatic carbocycles. The summed E-state index contributed by atoms with van der Waals surface area (Å²) in [7, 11) is -3.67. The zero-order valence-corrected chi connectivity index (χ0v) is 46.5. The van der Waals surface area contributed by atoms with E-state index in [1.807, 2.05) is 49.0 Å². The first-order valence-electron chi connectivity index (χ1n) is 24.5. The van der Waals surface area contributed by atoms with Crippen LogP contribution in [0.1, 0.15) is 59.2 Å². The number of benzene rings is 2. The molecule has 0 saturated heterocycles. The maximum Gasteiger partial charge on any atom is 0.255 e. The maximum absolute atomic E-state index is 13.6. The Hall–Kier alpha value is -5.78. The predicted octanol–water partition coefficient (Wildman–Crippen LogP) is 8.00. The number of halogens is 2. The molecule has 10 rings (SSSR count). The van der Waals surface area contributed by atoms with Gasteiger partial charge in [-0.3, -0.25) is 19.0 Å². The predicted molar refractivity (Wildman–Crippen MR) is 292 cm³/mol. The molecule has 4 atom stereocenters. The Morgan fingerprint density at radius 1 is 0.743 bits per heavy atom. The van der Waals surface area contributed by atoms with Crippen molar-refractivity contribution in [1.82, 2.24) is 59.7 Å². The molecular formula is C50H60Cl2N12O7S2Si. The number of carbonyl (C=O) groups excluding carboxylic acids is 2. The average Bonchev–Trinajstić information content (AvgIpc) is 4.19. The standard InChI is InChI=1S/C28H37ClN6O4SSi.C22H23ClN6O3S/c1-34-24-13-19(29)7-9-21(24)25(33-34)23-14-30-27-26(32-23)22(15-35(27)17-39-10-11-41(3,4)5)28(36)31-20-8-6-18(12-20)16-40(2,37)38;1-29-18-8-13(23)4-6-15(18)19(28-29)17-10-25-21-20(27-17)16(9-24-21)22(30)26-14-5-3-12(7-14)11-33(2,31)32/h7,9,13-15,18,20H,6,8,10-12,16-17H2,1-5H3,(H,31,36);4,6,8-10,12,14H,3,5,7,11H2,1-2H3,(H,24,25)(H,26,30). The highest BCUT2D eigenvalue weighted by Gasteiger charge is 2.31. The summed E-state index contributed by atoms with van der Waals surface area (Å²) in [5, 5.41) is 18.4. The van der Waals surface area contributed by atoms with Crippen molar-refractivity contribution in [2.45, 2.75) is 83.0 Å². The molecule has 0 bridgehead atoms. The second kappa shape index (κ2) is 21.1. The first-order chi connectivity index (χ1) is 34.9. The molecule has 24 heteroatoms. The molecule has 74 heavy (non-hydrogen) atoms. The van der Waals surface area contributed by atoms with Gasteiger partial charge in [0.15, 0.2) is 11.3 Å². The largest absolute Gasteiger partial charge is 0.361 e. The topological polar surface area (TPSA) is 244 Å². The fourth-order valence-corrected chi connectivity index (χ4v) is 13.5. The molecule has 2 aliphatic rings. The molecule has 6 aromatic heterocycles. The van der Waals surface area contributed by atoms with E-state index in [0.717, 1.165) is 53.5 Å². The number of aryl methyl sites for hydroxylation is 2. The monoisotopic (exact) mass is 1100 g/mol. The summed E-state index contributed by atoms with van der Waals surface area (Å²) in [6.07, 6.45) is 13.5. The molecule has 4 unspecified atom stereocenters. The number of aromatic nitrogens is 10. The lowest BCUT2D eigenvalue weighted by Crippen LogP contribution is -2.33. The molecule has 0 radical (unpaired) electrons. The molecule has 0 aliphatic heterocycles. The van der Waals surface area contributed by atoms with Crippen molar-refractivity contribution < 1.29 is 31.2 Å². The van der Waals surface area contributed by atoms with Gasteiger partial charge in [-0.1, -0.05) is 42.8 Å². The highest BCUT2D eigenvalue weighted by molar-refractivity contribution is 7.90. The van der Waals surface area contributed by atoms with Crippen molar-refractivity contribution in [3.8, 4) is 22.8 Å². The molecular weight excluding hydrogens is 1040 g/mol. The van der Waals surface area contributed by atoms with Crippen molar-refractivity contribution in [1.29, 1.82) is 0 Å². The number of nitrogens with zero attached hydrogens (tertiary/aromatic N) is 9. The molecule has 2 amide bonds. The van der Waals surface area contributed by atoms with E-state index in [2.05, 4.69) is 50.4 Å². The van der Waals surface area contributed by atoms with Crippen LogP contribution < -0.4 is 10.6 Å². The zero-order valence-electron chi connectivity index (χ0n) is 42.3. The van der Waals surface area contributed by atoms with Gasteiger partial charge in [0.25, 0.3) is 11.8 Å². The van der Waals surface area contributed by atoms with Crippen LogP contribution in [0.25, 0.3) is 66.9 Å². The summed E-state index contributed by atoms with van der Waals surface area (Å²) < 4.78 is 58.0. The third-order valence-electron chi connectivity index (χ3n) is 13.6. The van der Waals surface area contributed by atoms with Gasteiger partial charge >= 0.3 is 0 Å². The Kier molecular flexibility index (Phi) is 15.1. The van der Waals surface area contributed by atoms with E-state index in [4.69, 9.17) is 42.9 Å². The quantitative estimate of drug-likeness (QED) is 0.0652. The van der Waals surface area contributed by atoms with Crippen LogP contribution in [-0.4, -0.2) is 128 Å². The van der Waals surface area contributed by atoms with Gasteiger partial charge in [-0.05, 0) is 92.8 Å². The van der Waals surface area contributed by atoms with Crippen molar-refractivity contribution in [2.75, 3.05) is 30.6 Å². The van der Waals surface area contributed by atoms with Gasteiger partial charge < -0.3 is 24.9 Å². The fraction of sp³-hybridized carbons (Fsp3) is 0.440. The molecule has 2 fully saturated rings. The average molecular weight is 1100 g/mol. The lowest BCUT2D eigenvalue weighted by Gasteiger charge is -2.15. The summed E-state index contributed by atoms with van der Waals surface area (Å²) in [6, 6.07) is 12.0. The third kappa shape index (κ3) is 12.3. The van der Waals surface area contributed by atoms with Crippen molar-refractivity contribution >= 4 is 107 Å². The van der Waals surface area contributed by atoms with Crippen LogP contribution in [0.5, 0.6) is 0 Å². The van der Waals surface area contributed by atoms with E-state index in [1.54, 1.807) is 40.2 Å². The van der Waals surface area contributed by atoms with Crippen LogP contribution in [0, 0.1) is 11.8 Å². The van der Waals surface area contributed by atoms with Crippen LogP contribution >= 0.6 is 23.2 Å². The second-order valence-electron chi connectivity index (χ2n) is 21.1. The van der Waals surface area contributed by atoms with E-state index >= 15 is 0 Å². The minimum absolute atomic E-state index is 0.0498. The van der Waals surface area contributed by atoms with Crippen LogP contribution in [0.15, 0.2) is 61.2 Å². The van der Waals surface area contributed by atoms with E-state index in [-0.39, 0.29) is 54.0 Å². The smallest absolute Gasteiger partial charge is 0.255 e. The Labute approximate surface area is 440 Å². The fourth-order valence-electron chi connectivity index (χ4n) is 10.1. The molecule has 0 spiro atoms. The Morgan fingerprint density at radius 2 is 1.26 bits per heavy atom. The van der Waals surface area contributed by atoms with Crippen LogP contribution in [0.4, 0.5) is 0 Å². The van der Waals surface area contributed by atoms with Crippen molar-refractivity contribution in [3.63, 3.8) is 0 Å². The van der Waals surface area contributed by atoms with E-state index in [9.17, 15) is 26.4 Å². The number of rotatable bonds is 15. The third-order valence-corrected chi connectivity index (χ3v) is 17.9. The number of hydrogen-bond donors (Lipinski definition) is 3. The summed E-state index contributed by atoms with van der Waals surface area (Å²) in [4.78, 5) is 48.4. The normalized spacial score (nSPS) is 18.4. The highest BCUT2D eigenvalue weighted by Crippen LogP contribution is 2.33. The highest BCUT2D eigenvalue weighted by atomic mass is 35.5. The van der Waals surface area contributed by atoms with Crippen LogP contribution in [-0.2, 0) is 45.2 Å². The van der Waals surface area contributed by atoms with E-state index in [1.165, 1.54) is 12.5 Å². The van der Waals surface area contributed by atoms with Gasteiger partial charge in [0.05, 0.1) is 46.1 Å². The van der Waals surface area contributed by atoms with Crippen molar-refractivity contribution in [2.24, 2.45) is 25.9 Å². The summed E-state index contributed by atoms with van der Waals surface area (Å²) >= 11 is 12.3. The van der Waals surface area contributed by atoms with Gasteiger partial charge in [-0.15, -0.1) is 0 Å². The molecule has 3 N–H and O–H groups in total. The molecule has 8 aromatic rings. The van der Waals surface area contributed by atoms with Crippen LogP contribution in [0.3, 0.4) is 0 Å². The zero-order chi connectivity index (χ0) is 52.9. The Balaban J connectivity index is 0.000000186. The summed E-state index contributed by atoms with van der Waals surface area (Å²) in [6.45, 7) is 7.79. The number of ether oxygens (including phenoxy) is 1.